The Kier molecular flexibility index (Phi) is 4.68. The molecule has 0 spiro atoms. The quantitative estimate of drug-likeness (QED) is 0.845. The van der Waals surface area contributed by atoms with Crippen molar-refractivity contribution in [3.05, 3.63) is 35.4 Å². The molecule has 1 aromatic rings. The summed E-state index contributed by atoms with van der Waals surface area (Å²) in [4.78, 5) is 0. The predicted molar refractivity (Wildman–Crippen MR) is 70.3 cm³/mol. The Balaban J connectivity index is 2.94. The van der Waals surface area contributed by atoms with Crippen molar-refractivity contribution < 1.29 is 0 Å². The number of aryl methyl sites for hydroxylation is 1. The van der Waals surface area contributed by atoms with Gasteiger partial charge in [-0.2, -0.15) is 0 Å². The van der Waals surface area contributed by atoms with Gasteiger partial charge in [0.05, 0.1) is 0 Å². The summed E-state index contributed by atoms with van der Waals surface area (Å²) in [5, 5.41) is 1.02. The van der Waals surface area contributed by atoms with Gasteiger partial charge < -0.3 is 5.73 Å². The number of thioether (sulfide) groups is 1. The minimum absolute atomic E-state index is 0.193. The van der Waals surface area contributed by atoms with Crippen molar-refractivity contribution in [2.24, 2.45) is 5.73 Å². The van der Waals surface area contributed by atoms with Crippen LogP contribution in [-0.2, 0) is 0 Å². The smallest absolute Gasteiger partial charge is 0.0450 e. The van der Waals surface area contributed by atoms with Gasteiger partial charge in [0.15, 0.2) is 0 Å². The van der Waals surface area contributed by atoms with Crippen molar-refractivity contribution in [3.8, 4) is 0 Å². The second-order valence-corrected chi connectivity index (χ2v) is 6.04. The van der Waals surface area contributed by atoms with Crippen LogP contribution in [0.4, 0.5) is 0 Å². The fourth-order valence-electron chi connectivity index (χ4n) is 1.68. The van der Waals surface area contributed by atoms with Gasteiger partial charge in [-0.1, -0.05) is 38.1 Å². The molecule has 0 aliphatic carbocycles. The molecule has 15 heavy (non-hydrogen) atoms. The van der Waals surface area contributed by atoms with Crippen LogP contribution in [0.5, 0.6) is 0 Å². The zero-order valence-corrected chi connectivity index (χ0v) is 10.8. The van der Waals surface area contributed by atoms with Crippen molar-refractivity contribution in [3.63, 3.8) is 0 Å². The molecular weight excluding hydrogens is 202 g/mol. The van der Waals surface area contributed by atoms with Crippen LogP contribution in [0.3, 0.4) is 0 Å². The number of hydrogen-bond donors (Lipinski definition) is 1. The molecule has 0 saturated carbocycles. The minimum Gasteiger partial charge on any atom is -0.327 e. The van der Waals surface area contributed by atoms with Gasteiger partial charge in [0.25, 0.3) is 0 Å². The third-order valence-corrected chi connectivity index (χ3v) is 3.91. The van der Waals surface area contributed by atoms with Gasteiger partial charge in [0, 0.05) is 11.3 Å². The highest BCUT2D eigenvalue weighted by Crippen LogP contribution is 2.35. The second kappa shape index (κ2) is 5.57. The molecule has 2 heteroatoms. The van der Waals surface area contributed by atoms with Gasteiger partial charge in [-0.15, -0.1) is 11.8 Å². The fourth-order valence-corrected chi connectivity index (χ4v) is 2.93. The summed E-state index contributed by atoms with van der Waals surface area (Å²) in [7, 11) is 0. The maximum atomic E-state index is 6.07. The van der Waals surface area contributed by atoms with Crippen LogP contribution in [0.15, 0.2) is 24.3 Å². The van der Waals surface area contributed by atoms with Crippen molar-refractivity contribution >= 4 is 11.8 Å². The molecule has 2 N–H and O–H groups in total. The van der Waals surface area contributed by atoms with Crippen molar-refractivity contribution in [2.45, 2.75) is 44.2 Å². The summed E-state index contributed by atoms with van der Waals surface area (Å²) < 4.78 is 0. The summed E-state index contributed by atoms with van der Waals surface area (Å²) in [6, 6.07) is 8.72. The van der Waals surface area contributed by atoms with E-state index in [-0.39, 0.29) is 6.04 Å². The molecular formula is C13H21NS. The first-order valence-electron chi connectivity index (χ1n) is 5.49. The summed E-state index contributed by atoms with van der Waals surface area (Å²) in [5.41, 5.74) is 8.79. The third-order valence-electron chi connectivity index (χ3n) is 2.39. The normalized spacial score (nSPS) is 15.3. The lowest BCUT2D eigenvalue weighted by Crippen LogP contribution is -2.24. The molecule has 0 bridgehead atoms. The summed E-state index contributed by atoms with van der Waals surface area (Å²) >= 11 is 1.95. The van der Waals surface area contributed by atoms with E-state index >= 15 is 0 Å². The van der Waals surface area contributed by atoms with Crippen molar-refractivity contribution in [1.29, 1.82) is 0 Å². The maximum absolute atomic E-state index is 6.07. The first-order chi connectivity index (χ1) is 7.02. The molecule has 0 aromatic heterocycles. The molecule has 2 atom stereocenters. The van der Waals surface area contributed by atoms with E-state index in [1.807, 2.05) is 11.8 Å². The summed E-state index contributed by atoms with van der Waals surface area (Å²) in [6.07, 6.45) is 0. The molecule has 1 aromatic carbocycles. The summed E-state index contributed by atoms with van der Waals surface area (Å²) in [5.74, 6) is 0. The van der Waals surface area contributed by atoms with E-state index in [1.54, 1.807) is 0 Å². The lowest BCUT2D eigenvalue weighted by Gasteiger charge is -2.24. The Morgan fingerprint density at radius 1 is 1.13 bits per heavy atom. The van der Waals surface area contributed by atoms with Crippen LogP contribution in [-0.4, -0.2) is 11.3 Å². The van der Waals surface area contributed by atoms with Gasteiger partial charge in [0.1, 0.15) is 0 Å². The highest BCUT2D eigenvalue weighted by molar-refractivity contribution is 8.00. The molecule has 0 radical (unpaired) electrons. The van der Waals surface area contributed by atoms with Gasteiger partial charge in [-0.3, -0.25) is 0 Å². The Morgan fingerprint density at radius 2 is 1.73 bits per heavy atom. The van der Waals surface area contributed by atoms with Crippen LogP contribution in [0, 0.1) is 6.92 Å². The van der Waals surface area contributed by atoms with Gasteiger partial charge in [-0.05, 0) is 30.2 Å². The van der Waals surface area contributed by atoms with E-state index in [0.717, 1.165) is 0 Å². The largest absolute Gasteiger partial charge is 0.327 e. The molecule has 0 heterocycles. The lowest BCUT2D eigenvalue weighted by atomic mass is 10.0. The summed E-state index contributed by atoms with van der Waals surface area (Å²) in [6.45, 7) is 8.69. The fraction of sp³-hybridized carbons (Fsp3) is 0.538. The first kappa shape index (κ1) is 12.6. The average Bonchev–Trinajstić information content (AvgIpc) is 2.15. The lowest BCUT2D eigenvalue weighted by molar-refractivity contribution is 0.715. The molecule has 0 fully saturated rings. The zero-order chi connectivity index (χ0) is 11.4. The van der Waals surface area contributed by atoms with Crippen LogP contribution >= 0.6 is 11.8 Å². The van der Waals surface area contributed by atoms with Crippen LogP contribution in [0.2, 0.25) is 0 Å². The molecule has 84 valence electrons. The first-order valence-corrected chi connectivity index (χ1v) is 6.43. The standard InChI is InChI=1S/C13H21NS/c1-9(2)15-13(11(4)14)12-8-6-5-7-10(12)3/h5-9,11,13H,14H2,1-4H3. The van der Waals surface area contributed by atoms with E-state index in [2.05, 4.69) is 52.0 Å². The predicted octanol–water partition coefficient (Wildman–Crippen LogP) is 3.52. The van der Waals surface area contributed by atoms with E-state index in [4.69, 9.17) is 5.73 Å². The highest BCUT2D eigenvalue weighted by atomic mass is 32.2. The molecule has 0 aliphatic rings. The van der Waals surface area contributed by atoms with Crippen molar-refractivity contribution in [1.82, 2.24) is 0 Å². The Labute approximate surface area is 97.4 Å². The molecule has 2 unspecified atom stereocenters. The van der Waals surface area contributed by atoms with Crippen LogP contribution in [0.25, 0.3) is 0 Å². The average molecular weight is 223 g/mol. The van der Waals surface area contributed by atoms with Gasteiger partial charge >= 0.3 is 0 Å². The topological polar surface area (TPSA) is 26.0 Å². The second-order valence-electron chi connectivity index (χ2n) is 4.32. The molecule has 1 rings (SSSR count). The van der Waals surface area contributed by atoms with Gasteiger partial charge in [-0.25, -0.2) is 0 Å². The zero-order valence-electron chi connectivity index (χ0n) is 10.0. The van der Waals surface area contributed by atoms with E-state index in [1.165, 1.54) is 11.1 Å². The monoisotopic (exact) mass is 223 g/mol. The molecule has 0 aliphatic heterocycles. The molecule has 0 saturated heterocycles. The highest BCUT2D eigenvalue weighted by Gasteiger charge is 2.19. The van der Waals surface area contributed by atoms with E-state index in [9.17, 15) is 0 Å². The van der Waals surface area contributed by atoms with Crippen molar-refractivity contribution in [2.75, 3.05) is 0 Å². The third kappa shape index (κ3) is 3.54. The number of benzene rings is 1. The molecule has 1 nitrogen and oxygen atoms in total. The van der Waals surface area contributed by atoms with Gasteiger partial charge in [0.2, 0.25) is 0 Å². The van der Waals surface area contributed by atoms with Crippen LogP contribution in [0.1, 0.15) is 37.1 Å². The number of rotatable bonds is 4. The van der Waals surface area contributed by atoms with E-state index in [0.29, 0.717) is 10.5 Å². The Morgan fingerprint density at radius 3 is 2.20 bits per heavy atom. The Hall–Kier alpha value is -0.470. The van der Waals surface area contributed by atoms with Crippen LogP contribution < -0.4 is 5.73 Å². The number of hydrogen-bond acceptors (Lipinski definition) is 2. The number of nitrogens with two attached hydrogens (primary N) is 1. The SMILES string of the molecule is Cc1ccccc1C(SC(C)C)C(C)N. The molecule has 0 amide bonds. The van der Waals surface area contributed by atoms with E-state index < -0.39 is 0 Å². The minimum atomic E-state index is 0.193. The maximum Gasteiger partial charge on any atom is 0.0450 e. The Bertz CT molecular complexity index is 307.